The lowest BCUT2D eigenvalue weighted by molar-refractivity contribution is 0.595. The fourth-order valence-corrected chi connectivity index (χ4v) is 3.16. The monoisotopic (exact) mass is 297 g/mol. The molecule has 3 aromatic rings. The third-order valence-corrected chi connectivity index (χ3v) is 4.38. The first kappa shape index (κ1) is 14.2. The first-order chi connectivity index (χ1) is 10.3. The van der Waals surface area contributed by atoms with E-state index in [4.69, 9.17) is 0 Å². The highest BCUT2D eigenvalue weighted by molar-refractivity contribution is 7.99. The van der Waals surface area contributed by atoms with Crippen LogP contribution in [0.5, 0.6) is 0 Å². The Kier molecular flexibility index (Phi) is 4.27. The van der Waals surface area contributed by atoms with Gasteiger partial charge in [0, 0.05) is 23.1 Å². The van der Waals surface area contributed by atoms with Gasteiger partial charge in [0.2, 0.25) is 0 Å². The lowest BCUT2D eigenvalue weighted by atomic mass is 10.1. The van der Waals surface area contributed by atoms with E-state index in [0.29, 0.717) is 6.04 Å². The van der Waals surface area contributed by atoms with Crippen molar-refractivity contribution in [1.82, 2.24) is 15.3 Å². The summed E-state index contributed by atoms with van der Waals surface area (Å²) in [5.41, 5.74) is 2.38. The van der Waals surface area contributed by atoms with Gasteiger partial charge in [0.25, 0.3) is 0 Å². The van der Waals surface area contributed by atoms with Gasteiger partial charge in [-0.2, -0.15) is 0 Å². The van der Waals surface area contributed by atoms with E-state index in [1.807, 2.05) is 12.3 Å². The fourth-order valence-electron chi connectivity index (χ4n) is 2.35. The minimum absolute atomic E-state index is 0.342. The van der Waals surface area contributed by atoms with E-state index in [1.54, 1.807) is 11.8 Å². The van der Waals surface area contributed by atoms with Crippen molar-refractivity contribution < 1.29 is 0 Å². The summed E-state index contributed by atoms with van der Waals surface area (Å²) in [6, 6.07) is 15.0. The maximum absolute atomic E-state index is 4.55. The fraction of sp³-hybridized carbons (Fsp3) is 0.235. The zero-order valence-electron chi connectivity index (χ0n) is 12.3. The molecule has 3 nitrogen and oxygen atoms in total. The zero-order chi connectivity index (χ0) is 14.7. The van der Waals surface area contributed by atoms with E-state index < -0.39 is 0 Å². The number of rotatable bonds is 5. The van der Waals surface area contributed by atoms with Crippen molar-refractivity contribution in [1.29, 1.82) is 0 Å². The number of hydrogen-bond donors (Lipinski definition) is 2. The van der Waals surface area contributed by atoms with Gasteiger partial charge < -0.3 is 10.3 Å². The topological polar surface area (TPSA) is 40.7 Å². The summed E-state index contributed by atoms with van der Waals surface area (Å²) in [7, 11) is 0. The highest BCUT2D eigenvalue weighted by Crippen LogP contribution is 2.28. The molecule has 2 heterocycles. The second kappa shape index (κ2) is 6.33. The molecule has 0 aliphatic rings. The molecule has 0 saturated heterocycles. The summed E-state index contributed by atoms with van der Waals surface area (Å²) in [6.07, 6.45) is 1.96. The quantitative estimate of drug-likeness (QED) is 0.734. The Morgan fingerprint density at radius 1 is 1.24 bits per heavy atom. The summed E-state index contributed by atoms with van der Waals surface area (Å²) in [4.78, 5) is 7.96. The number of pyridine rings is 1. The van der Waals surface area contributed by atoms with Crippen molar-refractivity contribution in [2.75, 3.05) is 6.54 Å². The number of aromatic amines is 1. The van der Waals surface area contributed by atoms with Crippen molar-refractivity contribution in [3.8, 4) is 0 Å². The first-order valence-electron chi connectivity index (χ1n) is 7.21. The zero-order valence-corrected chi connectivity index (χ0v) is 13.1. The second-order valence-corrected chi connectivity index (χ2v) is 6.09. The number of hydrogen-bond acceptors (Lipinski definition) is 3. The smallest absolute Gasteiger partial charge is 0.102 e. The predicted octanol–water partition coefficient (Wildman–Crippen LogP) is 4.38. The SMILES string of the molecule is CCNC(C)c1ccc(Sc2cc3ccccc3[nH]2)nc1. The normalized spacial score (nSPS) is 12.7. The summed E-state index contributed by atoms with van der Waals surface area (Å²) < 4.78 is 0. The maximum Gasteiger partial charge on any atom is 0.102 e. The van der Waals surface area contributed by atoms with E-state index in [2.05, 4.69) is 65.5 Å². The van der Waals surface area contributed by atoms with Crippen LogP contribution in [-0.4, -0.2) is 16.5 Å². The molecule has 1 atom stereocenters. The van der Waals surface area contributed by atoms with Gasteiger partial charge in [-0.25, -0.2) is 4.98 Å². The average Bonchev–Trinajstić information content (AvgIpc) is 2.90. The molecule has 0 fully saturated rings. The molecule has 3 rings (SSSR count). The molecule has 0 aliphatic carbocycles. The molecule has 1 unspecified atom stereocenters. The van der Waals surface area contributed by atoms with Gasteiger partial charge >= 0.3 is 0 Å². The summed E-state index contributed by atoms with van der Waals surface area (Å²) in [5, 5.41) is 6.76. The Bertz CT molecular complexity index is 685. The van der Waals surface area contributed by atoms with Crippen LogP contribution in [0.4, 0.5) is 0 Å². The highest BCUT2D eigenvalue weighted by Gasteiger charge is 2.06. The number of nitrogens with zero attached hydrogens (tertiary/aromatic N) is 1. The molecule has 1 aromatic carbocycles. The van der Waals surface area contributed by atoms with E-state index in [1.165, 1.54) is 10.9 Å². The standard InChI is InChI=1S/C17H19N3S/c1-3-18-12(2)14-8-9-16(19-11-14)21-17-10-13-6-4-5-7-15(13)20-17/h4-12,18,20H,3H2,1-2H3. The molecule has 2 aromatic heterocycles. The third-order valence-electron chi connectivity index (χ3n) is 3.49. The molecule has 0 aliphatic heterocycles. The predicted molar refractivity (Wildman–Crippen MR) is 88.8 cm³/mol. The van der Waals surface area contributed by atoms with Crippen molar-refractivity contribution in [2.45, 2.75) is 29.9 Å². The molecular weight excluding hydrogens is 278 g/mol. The number of nitrogens with one attached hydrogen (secondary N) is 2. The van der Waals surface area contributed by atoms with Crippen LogP contribution in [0.15, 0.2) is 58.7 Å². The van der Waals surface area contributed by atoms with E-state index >= 15 is 0 Å². The number of fused-ring (bicyclic) bond motifs is 1. The van der Waals surface area contributed by atoms with Crippen LogP contribution in [0.3, 0.4) is 0 Å². The summed E-state index contributed by atoms with van der Waals surface area (Å²) >= 11 is 1.66. The van der Waals surface area contributed by atoms with Crippen molar-refractivity contribution in [3.05, 3.63) is 54.2 Å². The molecular formula is C17H19N3S. The Morgan fingerprint density at radius 2 is 2.10 bits per heavy atom. The van der Waals surface area contributed by atoms with Crippen LogP contribution in [0.2, 0.25) is 0 Å². The highest BCUT2D eigenvalue weighted by atomic mass is 32.2. The van der Waals surface area contributed by atoms with Crippen LogP contribution in [0.1, 0.15) is 25.5 Å². The van der Waals surface area contributed by atoms with Gasteiger partial charge in [-0.05, 0) is 37.2 Å². The van der Waals surface area contributed by atoms with Crippen molar-refractivity contribution in [2.24, 2.45) is 0 Å². The van der Waals surface area contributed by atoms with Gasteiger partial charge in [0.15, 0.2) is 0 Å². The number of H-pyrrole nitrogens is 1. The van der Waals surface area contributed by atoms with Crippen molar-refractivity contribution >= 4 is 22.7 Å². The van der Waals surface area contributed by atoms with Gasteiger partial charge in [-0.15, -0.1) is 0 Å². The Balaban J connectivity index is 1.75. The molecule has 2 N–H and O–H groups in total. The van der Waals surface area contributed by atoms with Crippen LogP contribution >= 0.6 is 11.8 Å². The van der Waals surface area contributed by atoms with Crippen LogP contribution in [0, 0.1) is 0 Å². The van der Waals surface area contributed by atoms with Gasteiger partial charge in [0.1, 0.15) is 5.03 Å². The van der Waals surface area contributed by atoms with E-state index in [0.717, 1.165) is 22.1 Å². The van der Waals surface area contributed by atoms with Crippen LogP contribution in [0.25, 0.3) is 10.9 Å². The molecule has 0 spiro atoms. The van der Waals surface area contributed by atoms with Crippen LogP contribution < -0.4 is 5.32 Å². The molecule has 0 radical (unpaired) electrons. The molecule has 0 saturated carbocycles. The number of para-hydroxylation sites is 1. The summed E-state index contributed by atoms with van der Waals surface area (Å²) in [5.74, 6) is 0. The second-order valence-electron chi connectivity index (χ2n) is 5.03. The van der Waals surface area contributed by atoms with Gasteiger partial charge in [-0.3, -0.25) is 0 Å². The summed E-state index contributed by atoms with van der Waals surface area (Å²) in [6.45, 7) is 5.24. The maximum atomic E-state index is 4.55. The Morgan fingerprint density at radius 3 is 2.81 bits per heavy atom. The molecule has 4 heteroatoms. The number of benzene rings is 1. The third kappa shape index (κ3) is 3.28. The molecule has 108 valence electrons. The average molecular weight is 297 g/mol. The molecule has 0 amide bonds. The van der Waals surface area contributed by atoms with Gasteiger partial charge in [-0.1, -0.05) is 43.0 Å². The lowest BCUT2D eigenvalue weighted by Crippen LogP contribution is -2.17. The first-order valence-corrected chi connectivity index (χ1v) is 8.03. The van der Waals surface area contributed by atoms with E-state index in [-0.39, 0.29) is 0 Å². The minimum atomic E-state index is 0.342. The van der Waals surface area contributed by atoms with Gasteiger partial charge in [0.05, 0.1) is 5.03 Å². The lowest BCUT2D eigenvalue weighted by Gasteiger charge is -2.12. The van der Waals surface area contributed by atoms with Crippen LogP contribution in [-0.2, 0) is 0 Å². The number of aromatic nitrogens is 2. The molecule has 21 heavy (non-hydrogen) atoms. The van der Waals surface area contributed by atoms with E-state index in [9.17, 15) is 0 Å². The van der Waals surface area contributed by atoms with Crippen molar-refractivity contribution in [3.63, 3.8) is 0 Å². The minimum Gasteiger partial charge on any atom is -0.349 e. The largest absolute Gasteiger partial charge is 0.349 e. The Hall–Kier alpha value is -1.78. The molecule has 0 bridgehead atoms. The Labute approximate surface area is 129 Å².